The highest BCUT2D eigenvalue weighted by Crippen LogP contribution is 2.27. The molecule has 88 valence electrons. The summed E-state index contributed by atoms with van der Waals surface area (Å²) >= 11 is 0. The summed E-state index contributed by atoms with van der Waals surface area (Å²) in [6.45, 7) is 2.12. The van der Waals surface area contributed by atoms with Gasteiger partial charge in [0, 0.05) is 23.3 Å². The van der Waals surface area contributed by atoms with Crippen LogP contribution < -0.4 is 5.32 Å². The fourth-order valence-corrected chi connectivity index (χ4v) is 2.74. The van der Waals surface area contributed by atoms with Crippen molar-refractivity contribution in [1.29, 1.82) is 0 Å². The second-order valence-corrected chi connectivity index (χ2v) is 4.96. The normalized spacial score (nSPS) is 16.5. The van der Waals surface area contributed by atoms with Gasteiger partial charge in [-0.3, -0.25) is 4.98 Å². The number of hydrogen-bond donors (Lipinski definition) is 1. The lowest BCUT2D eigenvalue weighted by Crippen LogP contribution is -2.14. The van der Waals surface area contributed by atoms with Gasteiger partial charge in [-0.1, -0.05) is 31.0 Å². The molecule has 0 unspecified atom stereocenters. The van der Waals surface area contributed by atoms with Crippen LogP contribution in [0.15, 0.2) is 30.5 Å². The molecule has 0 aliphatic heterocycles. The monoisotopic (exact) mass is 226 g/mol. The predicted molar refractivity (Wildman–Crippen MR) is 72.4 cm³/mol. The van der Waals surface area contributed by atoms with Gasteiger partial charge in [-0.05, 0) is 31.4 Å². The van der Waals surface area contributed by atoms with E-state index in [0.29, 0.717) is 6.04 Å². The molecule has 1 aromatic heterocycles. The standard InChI is InChI=1S/C15H18N2/c1-11-5-4-8-13-14(9-10-16-15(11)13)17-12-6-2-3-7-12/h4-5,8-10,12H,2-3,6-7H2,1H3,(H,16,17). The molecule has 0 atom stereocenters. The first kappa shape index (κ1) is 10.6. The van der Waals surface area contributed by atoms with Gasteiger partial charge in [-0.15, -0.1) is 0 Å². The van der Waals surface area contributed by atoms with Crippen LogP contribution in [0.5, 0.6) is 0 Å². The molecule has 0 bridgehead atoms. The Bertz CT molecular complexity index is 527. The van der Waals surface area contributed by atoms with Crippen molar-refractivity contribution in [1.82, 2.24) is 4.98 Å². The molecule has 2 heteroatoms. The van der Waals surface area contributed by atoms with Gasteiger partial charge in [0.2, 0.25) is 0 Å². The summed E-state index contributed by atoms with van der Waals surface area (Å²) < 4.78 is 0. The third-order valence-corrected chi connectivity index (χ3v) is 3.69. The number of aryl methyl sites for hydroxylation is 1. The first-order valence-electron chi connectivity index (χ1n) is 6.45. The van der Waals surface area contributed by atoms with Crippen molar-refractivity contribution >= 4 is 16.6 Å². The molecule has 2 nitrogen and oxygen atoms in total. The summed E-state index contributed by atoms with van der Waals surface area (Å²) in [6.07, 6.45) is 7.23. The highest BCUT2D eigenvalue weighted by molar-refractivity contribution is 5.92. The van der Waals surface area contributed by atoms with Crippen molar-refractivity contribution in [2.45, 2.75) is 38.6 Å². The zero-order valence-corrected chi connectivity index (χ0v) is 10.2. The van der Waals surface area contributed by atoms with E-state index in [4.69, 9.17) is 0 Å². The Morgan fingerprint density at radius 1 is 1.18 bits per heavy atom. The SMILES string of the molecule is Cc1cccc2c(NC3CCCC3)ccnc12. The minimum atomic E-state index is 0.654. The number of nitrogens with one attached hydrogen (secondary N) is 1. The molecular weight excluding hydrogens is 208 g/mol. The predicted octanol–water partition coefficient (Wildman–Crippen LogP) is 3.90. The topological polar surface area (TPSA) is 24.9 Å². The number of nitrogens with zero attached hydrogens (tertiary/aromatic N) is 1. The average Bonchev–Trinajstić information content (AvgIpc) is 2.83. The molecule has 0 saturated heterocycles. The molecule has 1 saturated carbocycles. The molecule has 0 spiro atoms. The van der Waals surface area contributed by atoms with E-state index in [9.17, 15) is 0 Å². The molecule has 1 aliphatic carbocycles. The van der Waals surface area contributed by atoms with Gasteiger partial charge in [-0.25, -0.2) is 0 Å². The van der Waals surface area contributed by atoms with E-state index < -0.39 is 0 Å². The second-order valence-electron chi connectivity index (χ2n) is 4.96. The maximum Gasteiger partial charge on any atom is 0.0751 e. The van der Waals surface area contributed by atoms with Gasteiger partial charge in [-0.2, -0.15) is 0 Å². The van der Waals surface area contributed by atoms with Crippen molar-refractivity contribution in [2.75, 3.05) is 5.32 Å². The quantitative estimate of drug-likeness (QED) is 0.840. The minimum Gasteiger partial charge on any atom is -0.382 e. The van der Waals surface area contributed by atoms with Crippen molar-refractivity contribution < 1.29 is 0 Å². The summed E-state index contributed by atoms with van der Waals surface area (Å²) in [7, 11) is 0. The van der Waals surface area contributed by atoms with E-state index in [1.165, 1.54) is 42.3 Å². The van der Waals surface area contributed by atoms with Crippen molar-refractivity contribution in [3.63, 3.8) is 0 Å². The third kappa shape index (κ3) is 1.99. The Labute approximate surface area is 102 Å². The van der Waals surface area contributed by atoms with E-state index in [1.807, 2.05) is 6.20 Å². The molecule has 1 N–H and O–H groups in total. The van der Waals surface area contributed by atoms with Crippen LogP contribution in [-0.4, -0.2) is 11.0 Å². The molecule has 1 heterocycles. The van der Waals surface area contributed by atoms with Gasteiger partial charge < -0.3 is 5.32 Å². The number of para-hydroxylation sites is 1. The Morgan fingerprint density at radius 2 is 2.00 bits per heavy atom. The van der Waals surface area contributed by atoms with Crippen LogP contribution >= 0.6 is 0 Å². The summed E-state index contributed by atoms with van der Waals surface area (Å²) in [5.41, 5.74) is 3.61. The van der Waals surface area contributed by atoms with Crippen molar-refractivity contribution in [2.24, 2.45) is 0 Å². The number of hydrogen-bond acceptors (Lipinski definition) is 2. The van der Waals surface area contributed by atoms with Gasteiger partial charge >= 0.3 is 0 Å². The van der Waals surface area contributed by atoms with Crippen molar-refractivity contribution in [3.8, 4) is 0 Å². The number of benzene rings is 1. The number of fused-ring (bicyclic) bond motifs is 1. The zero-order chi connectivity index (χ0) is 11.7. The first-order valence-corrected chi connectivity index (χ1v) is 6.45. The maximum atomic E-state index is 4.48. The Hall–Kier alpha value is -1.57. The average molecular weight is 226 g/mol. The summed E-state index contributed by atoms with van der Waals surface area (Å²) in [5, 5.41) is 4.92. The van der Waals surface area contributed by atoms with Crippen LogP contribution in [0, 0.1) is 6.92 Å². The molecule has 17 heavy (non-hydrogen) atoms. The Kier molecular flexibility index (Phi) is 2.71. The molecule has 1 aliphatic rings. The highest BCUT2D eigenvalue weighted by atomic mass is 14.9. The van der Waals surface area contributed by atoms with Gasteiger partial charge in [0.25, 0.3) is 0 Å². The molecule has 1 aromatic carbocycles. The maximum absolute atomic E-state index is 4.48. The number of rotatable bonds is 2. The van der Waals surface area contributed by atoms with Gasteiger partial charge in [0.1, 0.15) is 0 Å². The lowest BCUT2D eigenvalue weighted by molar-refractivity contribution is 0.756. The number of anilines is 1. The molecule has 0 amide bonds. The Morgan fingerprint density at radius 3 is 2.82 bits per heavy atom. The van der Waals surface area contributed by atoms with Crippen LogP contribution in [0.3, 0.4) is 0 Å². The van der Waals surface area contributed by atoms with E-state index in [-0.39, 0.29) is 0 Å². The minimum absolute atomic E-state index is 0.654. The van der Waals surface area contributed by atoms with E-state index in [2.05, 4.69) is 41.5 Å². The summed E-state index contributed by atoms with van der Waals surface area (Å²) in [6, 6.07) is 9.14. The third-order valence-electron chi connectivity index (χ3n) is 3.69. The molecule has 1 fully saturated rings. The van der Waals surface area contributed by atoms with Gasteiger partial charge in [0.05, 0.1) is 5.52 Å². The van der Waals surface area contributed by atoms with Crippen LogP contribution in [-0.2, 0) is 0 Å². The van der Waals surface area contributed by atoms with E-state index in [0.717, 1.165) is 5.52 Å². The summed E-state index contributed by atoms with van der Waals surface area (Å²) in [4.78, 5) is 4.48. The summed E-state index contributed by atoms with van der Waals surface area (Å²) in [5.74, 6) is 0. The van der Waals surface area contributed by atoms with E-state index in [1.54, 1.807) is 0 Å². The molecule has 3 rings (SSSR count). The van der Waals surface area contributed by atoms with Gasteiger partial charge in [0.15, 0.2) is 0 Å². The fourth-order valence-electron chi connectivity index (χ4n) is 2.74. The van der Waals surface area contributed by atoms with Crippen LogP contribution in [0.4, 0.5) is 5.69 Å². The van der Waals surface area contributed by atoms with E-state index >= 15 is 0 Å². The van der Waals surface area contributed by atoms with Crippen LogP contribution in [0.25, 0.3) is 10.9 Å². The van der Waals surface area contributed by atoms with Crippen LogP contribution in [0.1, 0.15) is 31.2 Å². The number of aromatic nitrogens is 1. The highest BCUT2D eigenvalue weighted by Gasteiger charge is 2.15. The first-order chi connectivity index (χ1) is 8.34. The van der Waals surface area contributed by atoms with Crippen LogP contribution in [0.2, 0.25) is 0 Å². The molecule has 2 aromatic rings. The lowest BCUT2D eigenvalue weighted by atomic mass is 10.1. The lowest BCUT2D eigenvalue weighted by Gasteiger charge is -2.15. The largest absolute Gasteiger partial charge is 0.382 e. The second kappa shape index (κ2) is 4.36. The number of pyridine rings is 1. The Balaban J connectivity index is 2.01. The molecular formula is C15H18N2. The fraction of sp³-hybridized carbons (Fsp3) is 0.400. The zero-order valence-electron chi connectivity index (χ0n) is 10.2. The molecule has 0 radical (unpaired) electrons. The smallest absolute Gasteiger partial charge is 0.0751 e. The van der Waals surface area contributed by atoms with Crippen molar-refractivity contribution in [3.05, 3.63) is 36.0 Å².